The molecule has 0 aliphatic rings. The summed E-state index contributed by atoms with van der Waals surface area (Å²) in [6.07, 6.45) is 4.32. The van der Waals surface area contributed by atoms with Gasteiger partial charge < -0.3 is 14.8 Å². The van der Waals surface area contributed by atoms with Crippen molar-refractivity contribution in [3.05, 3.63) is 22.7 Å². The second-order valence-electron chi connectivity index (χ2n) is 5.42. The standard InChI is InChI=1S/C13H24N4O/c1-10(2)8-11(9-16(3)4)15-12-13(18)17(5)7-6-14-12/h6-7,10-11H,8-9H2,1-5H3,(H,14,15). The average Bonchev–Trinajstić information content (AvgIpc) is 2.23. The summed E-state index contributed by atoms with van der Waals surface area (Å²) in [6.45, 7) is 5.25. The summed E-state index contributed by atoms with van der Waals surface area (Å²) in [7, 11) is 5.80. The Morgan fingerprint density at radius 1 is 1.44 bits per heavy atom. The molecule has 0 bridgehead atoms. The van der Waals surface area contributed by atoms with E-state index in [1.165, 1.54) is 4.57 Å². The highest BCUT2D eigenvalue weighted by molar-refractivity contribution is 5.32. The first-order valence-corrected chi connectivity index (χ1v) is 6.33. The summed E-state index contributed by atoms with van der Waals surface area (Å²) in [6, 6.07) is 0.239. The number of nitrogens with zero attached hydrogens (tertiary/aromatic N) is 3. The molecule has 0 fully saturated rings. The summed E-state index contributed by atoms with van der Waals surface area (Å²) in [5.74, 6) is 1.02. The van der Waals surface area contributed by atoms with Crippen molar-refractivity contribution in [1.29, 1.82) is 0 Å². The molecule has 1 N–H and O–H groups in total. The van der Waals surface area contributed by atoms with Crippen LogP contribution in [-0.2, 0) is 7.05 Å². The molecule has 18 heavy (non-hydrogen) atoms. The van der Waals surface area contributed by atoms with E-state index >= 15 is 0 Å². The first-order valence-electron chi connectivity index (χ1n) is 6.33. The normalized spacial score (nSPS) is 13.1. The molecule has 0 aliphatic heterocycles. The van der Waals surface area contributed by atoms with Gasteiger partial charge in [-0.25, -0.2) is 4.98 Å². The van der Waals surface area contributed by atoms with E-state index in [9.17, 15) is 4.79 Å². The van der Waals surface area contributed by atoms with Gasteiger partial charge in [-0.1, -0.05) is 13.8 Å². The Morgan fingerprint density at radius 2 is 2.11 bits per heavy atom. The fraction of sp³-hybridized carbons (Fsp3) is 0.692. The third kappa shape index (κ3) is 4.49. The molecule has 5 nitrogen and oxygen atoms in total. The number of aryl methyl sites for hydroxylation is 1. The van der Waals surface area contributed by atoms with E-state index in [1.807, 2.05) is 14.1 Å². The van der Waals surface area contributed by atoms with Crippen LogP contribution in [0.15, 0.2) is 17.2 Å². The monoisotopic (exact) mass is 252 g/mol. The molecule has 102 valence electrons. The Morgan fingerprint density at radius 3 is 2.67 bits per heavy atom. The second kappa shape index (κ2) is 6.54. The van der Waals surface area contributed by atoms with E-state index in [-0.39, 0.29) is 11.6 Å². The third-order valence-corrected chi connectivity index (χ3v) is 2.70. The quantitative estimate of drug-likeness (QED) is 0.825. The predicted molar refractivity (Wildman–Crippen MR) is 74.9 cm³/mol. The number of anilines is 1. The van der Waals surface area contributed by atoms with Crippen molar-refractivity contribution in [1.82, 2.24) is 14.5 Å². The highest BCUT2D eigenvalue weighted by Gasteiger charge is 2.14. The number of likely N-dealkylation sites (N-methyl/N-ethyl adjacent to an activating group) is 1. The van der Waals surface area contributed by atoms with Crippen molar-refractivity contribution >= 4 is 5.82 Å². The summed E-state index contributed by atoms with van der Waals surface area (Å²) >= 11 is 0. The first-order chi connectivity index (χ1) is 8.40. The summed E-state index contributed by atoms with van der Waals surface area (Å²) < 4.78 is 1.54. The maximum absolute atomic E-state index is 11.9. The summed E-state index contributed by atoms with van der Waals surface area (Å²) in [5.41, 5.74) is -0.0787. The van der Waals surface area contributed by atoms with Crippen LogP contribution in [0, 0.1) is 5.92 Å². The molecular formula is C13H24N4O. The number of hydrogen-bond donors (Lipinski definition) is 1. The van der Waals surface area contributed by atoms with Crippen LogP contribution in [0.4, 0.5) is 5.82 Å². The van der Waals surface area contributed by atoms with E-state index in [4.69, 9.17) is 0 Å². The van der Waals surface area contributed by atoms with Gasteiger partial charge >= 0.3 is 0 Å². The highest BCUT2D eigenvalue weighted by atomic mass is 16.1. The molecule has 0 aromatic carbocycles. The van der Waals surface area contributed by atoms with Crippen LogP contribution in [0.3, 0.4) is 0 Å². The minimum Gasteiger partial charge on any atom is -0.361 e. The van der Waals surface area contributed by atoms with E-state index < -0.39 is 0 Å². The molecule has 1 rings (SSSR count). The van der Waals surface area contributed by atoms with Crippen LogP contribution in [0.25, 0.3) is 0 Å². The lowest BCUT2D eigenvalue weighted by Gasteiger charge is -2.24. The summed E-state index contributed by atoms with van der Waals surface area (Å²) in [5, 5.41) is 3.26. The Bertz CT molecular complexity index is 415. The molecular weight excluding hydrogens is 228 g/mol. The van der Waals surface area contributed by atoms with Crippen LogP contribution in [0.5, 0.6) is 0 Å². The zero-order valence-electron chi connectivity index (χ0n) is 12.0. The van der Waals surface area contributed by atoms with Gasteiger partial charge in [-0.05, 0) is 26.4 Å². The van der Waals surface area contributed by atoms with Crippen LogP contribution >= 0.6 is 0 Å². The molecule has 0 saturated heterocycles. The Labute approximate surface area is 109 Å². The topological polar surface area (TPSA) is 50.2 Å². The molecule has 0 saturated carbocycles. The molecule has 5 heteroatoms. The maximum atomic E-state index is 11.9. The number of rotatable bonds is 6. The lowest BCUT2D eigenvalue weighted by atomic mass is 10.0. The highest BCUT2D eigenvalue weighted by Crippen LogP contribution is 2.09. The molecule has 1 heterocycles. The molecule has 0 aliphatic carbocycles. The van der Waals surface area contributed by atoms with Crippen molar-refractivity contribution in [3.8, 4) is 0 Å². The van der Waals surface area contributed by atoms with Crippen molar-refractivity contribution in [2.24, 2.45) is 13.0 Å². The SMILES string of the molecule is CC(C)CC(CN(C)C)Nc1nccn(C)c1=O. The fourth-order valence-electron chi connectivity index (χ4n) is 1.98. The van der Waals surface area contributed by atoms with Gasteiger partial charge in [-0.3, -0.25) is 4.79 Å². The predicted octanol–water partition coefficient (Wildman–Crippen LogP) is 1.17. The van der Waals surface area contributed by atoms with Gasteiger partial charge in [0.15, 0.2) is 5.82 Å². The zero-order valence-corrected chi connectivity index (χ0v) is 12.0. The van der Waals surface area contributed by atoms with E-state index in [2.05, 4.69) is 29.0 Å². The third-order valence-electron chi connectivity index (χ3n) is 2.70. The van der Waals surface area contributed by atoms with Crippen molar-refractivity contribution in [3.63, 3.8) is 0 Å². The van der Waals surface area contributed by atoms with Gasteiger partial charge in [0.05, 0.1) is 0 Å². The largest absolute Gasteiger partial charge is 0.361 e. The van der Waals surface area contributed by atoms with E-state index in [0.717, 1.165) is 13.0 Å². The van der Waals surface area contributed by atoms with Gasteiger partial charge in [0.1, 0.15) is 0 Å². The molecule has 0 radical (unpaired) electrons. The molecule has 1 aromatic rings. The van der Waals surface area contributed by atoms with Gasteiger partial charge in [0.2, 0.25) is 0 Å². The number of hydrogen-bond acceptors (Lipinski definition) is 4. The first kappa shape index (κ1) is 14.7. The maximum Gasteiger partial charge on any atom is 0.293 e. The number of aromatic nitrogens is 2. The van der Waals surface area contributed by atoms with E-state index in [0.29, 0.717) is 11.7 Å². The molecule has 1 aromatic heterocycles. The Kier molecular flexibility index (Phi) is 5.34. The lowest BCUT2D eigenvalue weighted by Crippen LogP contribution is -2.36. The van der Waals surface area contributed by atoms with Crippen molar-refractivity contribution in [2.45, 2.75) is 26.3 Å². The minimum absolute atomic E-state index is 0.0787. The van der Waals surface area contributed by atoms with Crippen LogP contribution in [0.2, 0.25) is 0 Å². The smallest absolute Gasteiger partial charge is 0.293 e. The van der Waals surface area contributed by atoms with Crippen LogP contribution in [0.1, 0.15) is 20.3 Å². The Balaban J connectivity index is 2.82. The molecule has 0 amide bonds. The molecule has 1 unspecified atom stereocenters. The van der Waals surface area contributed by atoms with Crippen molar-refractivity contribution in [2.75, 3.05) is 26.0 Å². The molecule has 0 spiro atoms. The van der Waals surface area contributed by atoms with Gasteiger partial charge in [-0.2, -0.15) is 0 Å². The van der Waals surface area contributed by atoms with Gasteiger partial charge in [0.25, 0.3) is 5.56 Å². The second-order valence-corrected chi connectivity index (χ2v) is 5.42. The van der Waals surface area contributed by atoms with E-state index in [1.54, 1.807) is 19.4 Å². The molecule has 1 atom stereocenters. The summed E-state index contributed by atoms with van der Waals surface area (Å²) in [4.78, 5) is 18.1. The number of nitrogens with one attached hydrogen (secondary N) is 1. The van der Waals surface area contributed by atoms with Crippen LogP contribution in [-0.4, -0.2) is 41.1 Å². The lowest BCUT2D eigenvalue weighted by molar-refractivity contribution is 0.356. The zero-order chi connectivity index (χ0) is 13.7. The van der Waals surface area contributed by atoms with Crippen LogP contribution < -0.4 is 10.9 Å². The van der Waals surface area contributed by atoms with Gasteiger partial charge in [0, 0.05) is 32.0 Å². The Hall–Kier alpha value is -1.36. The van der Waals surface area contributed by atoms with Gasteiger partial charge in [-0.15, -0.1) is 0 Å². The fourth-order valence-corrected chi connectivity index (χ4v) is 1.98. The average molecular weight is 252 g/mol. The van der Waals surface area contributed by atoms with Crippen molar-refractivity contribution < 1.29 is 0 Å². The minimum atomic E-state index is -0.0787.